The van der Waals surface area contributed by atoms with E-state index in [1.54, 1.807) is 30.2 Å². The maximum absolute atomic E-state index is 14.0. The van der Waals surface area contributed by atoms with Crippen LogP contribution in [-0.4, -0.2) is 18.1 Å². The van der Waals surface area contributed by atoms with Crippen molar-refractivity contribution in [2.24, 2.45) is 0 Å². The van der Waals surface area contributed by atoms with E-state index in [2.05, 4.69) is 22.5 Å². The van der Waals surface area contributed by atoms with Gasteiger partial charge in [-0.2, -0.15) is 22.0 Å². The highest BCUT2D eigenvalue weighted by Crippen LogP contribution is 2.55. The molecule has 2 aromatic carbocycles. The Morgan fingerprint density at radius 1 is 1.20 bits per heavy atom. The molecule has 0 saturated heterocycles. The summed E-state index contributed by atoms with van der Waals surface area (Å²) in [5.41, 5.74) is 4.23. The lowest BCUT2D eigenvalue weighted by Crippen LogP contribution is -2.50. The van der Waals surface area contributed by atoms with Crippen LogP contribution >= 0.6 is 43.5 Å². The Balaban J connectivity index is 2.55. The fraction of sp³-hybridized carbons (Fsp3) is 0.300. The number of alkyl halides is 6. The molecule has 0 amide bonds. The smallest absolute Gasteiger partial charge is 0.398 e. The van der Waals surface area contributed by atoms with Crippen LogP contribution in [0.4, 0.5) is 33.3 Å². The van der Waals surface area contributed by atoms with Crippen molar-refractivity contribution in [3.05, 3.63) is 63.1 Å². The number of halogens is 8. The summed E-state index contributed by atoms with van der Waals surface area (Å²) in [5.74, 6) is 0. The lowest BCUT2D eigenvalue weighted by atomic mass is 9.82. The van der Waals surface area contributed by atoms with Crippen LogP contribution in [0.1, 0.15) is 23.6 Å². The van der Waals surface area contributed by atoms with Gasteiger partial charge in [-0.05, 0) is 68.1 Å². The zero-order valence-electron chi connectivity index (χ0n) is 15.9. The minimum absolute atomic E-state index is 0.122. The van der Waals surface area contributed by atoms with Crippen LogP contribution in [-0.2, 0) is 12.0 Å². The quantitative estimate of drug-likeness (QED) is 0.216. The van der Waals surface area contributed by atoms with Gasteiger partial charge in [0.2, 0.25) is 0 Å². The molecule has 30 heavy (non-hydrogen) atoms. The first-order chi connectivity index (χ1) is 13.6. The molecule has 2 N–H and O–H groups in total. The summed E-state index contributed by atoms with van der Waals surface area (Å²) in [6.45, 7) is 4.42. The minimum Gasteiger partial charge on any atom is -0.398 e. The van der Waals surface area contributed by atoms with Gasteiger partial charge in [0.05, 0.1) is 10.7 Å². The van der Waals surface area contributed by atoms with Crippen LogP contribution in [0, 0.1) is 0 Å². The third kappa shape index (κ3) is 4.48. The Morgan fingerprint density at radius 2 is 1.80 bits per heavy atom. The predicted octanol–water partition coefficient (Wildman–Crippen LogP) is 7.77. The highest BCUT2D eigenvalue weighted by molar-refractivity contribution is 9.10. The first-order valence-corrected chi connectivity index (χ1v) is 10.5. The lowest BCUT2D eigenvalue weighted by Gasteiger charge is -2.36. The highest BCUT2D eigenvalue weighted by Gasteiger charge is 2.66. The molecule has 0 fully saturated rings. The van der Waals surface area contributed by atoms with Gasteiger partial charge >= 0.3 is 11.0 Å². The maximum Gasteiger partial charge on any atom is 0.404 e. The average Bonchev–Trinajstić information content (AvgIpc) is 2.60. The van der Waals surface area contributed by atoms with Crippen molar-refractivity contribution in [2.75, 3.05) is 17.7 Å². The molecule has 0 spiro atoms. The van der Waals surface area contributed by atoms with Crippen molar-refractivity contribution in [2.45, 2.75) is 29.9 Å². The average molecular weight is 577 g/mol. The van der Waals surface area contributed by atoms with E-state index in [1.807, 2.05) is 22.0 Å². The summed E-state index contributed by atoms with van der Waals surface area (Å²) in [7, 11) is 1.66. The molecule has 0 heterocycles. The fourth-order valence-corrected chi connectivity index (χ4v) is 4.71. The van der Waals surface area contributed by atoms with Crippen LogP contribution < -0.4 is 10.6 Å². The number of nitrogens with two attached hydrogens (primary N) is 1. The van der Waals surface area contributed by atoms with Gasteiger partial charge in [-0.1, -0.05) is 36.4 Å². The second-order valence-corrected chi connectivity index (χ2v) is 9.14. The first-order valence-electron chi connectivity index (χ1n) is 8.49. The molecular weight excluding hydrogens is 558 g/mol. The molecule has 2 aromatic rings. The van der Waals surface area contributed by atoms with Gasteiger partial charge in [-0.25, -0.2) is 0 Å². The number of hydrogen-bond acceptors (Lipinski definition) is 2. The second kappa shape index (κ2) is 8.67. The highest BCUT2D eigenvalue weighted by atomic mass is 79.9. The van der Waals surface area contributed by atoms with Crippen molar-refractivity contribution in [3.8, 4) is 0 Å². The van der Waals surface area contributed by atoms with E-state index in [0.717, 1.165) is 23.3 Å². The first kappa shape index (κ1) is 24.9. The number of hydrogen-bond donors (Lipinski definition) is 1. The molecule has 0 aliphatic carbocycles. The molecule has 2 rings (SSSR count). The van der Waals surface area contributed by atoms with Gasteiger partial charge in [-0.15, -0.1) is 0 Å². The SMILES string of the molecule is C=Cc1cccc(N)c1CN(C)c1c(Cl)cc(C(C)(C(F)(F)F)C(F)(F)Br)cc1Br. The van der Waals surface area contributed by atoms with Gasteiger partial charge < -0.3 is 10.6 Å². The Labute approximate surface area is 193 Å². The standard InChI is InChI=1S/C20H18Br2ClF5N2/c1-4-11-6-5-7-16(29)13(11)10-30(3)17-14(21)8-12(9-15(17)23)18(2,19(22,24)25)20(26,27)28/h4-9H,1,10,29H2,2-3H3. The van der Waals surface area contributed by atoms with E-state index >= 15 is 0 Å². The summed E-state index contributed by atoms with van der Waals surface area (Å²) in [6.07, 6.45) is -3.61. The van der Waals surface area contributed by atoms with Gasteiger partial charge in [-0.3, -0.25) is 0 Å². The Kier molecular flexibility index (Phi) is 7.21. The normalized spacial score (nSPS) is 14.3. The van der Waals surface area contributed by atoms with Crippen LogP contribution in [0.25, 0.3) is 6.08 Å². The molecule has 2 nitrogen and oxygen atoms in total. The third-order valence-corrected chi connectivity index (χ3v) is 6.66. The zero-order valence-corrected chi connectivity index (χ0v) is 19.9. The lowest BCUT2D eigenvalue weighted by molar-refractivity contribution is -0.226. The largest absolute Gasteiger partial charge is 0.404 e. The van der Waals surface area contributed by atoms with Gasteiger partial charge in [0.25, 0.3) is 0 Å². The Bertz CT molecular complexity index is 920. The van der Waals surface area contributed by atoms with Crippen molar-refractivity contribution in [1.82, 2.24) is 0 Å². The molecule has 0 aliphatic rings. The van der Waals surface area contributed by atoms with Gasteiger partial charge in [0.1, 0.15) is 0 Å². The number of benzene rings is 2. The summed E-state index contributed by atoms with van der Waals surface area (Å²) < 4.78 is 69.0. The molecular formula is C20H18Br2ClF5N2. The van der Waals surface area contributed by atoms with E-state index in [-0.39, 0.29) is 16.0 Å². The van der Waals surface area contributed by atoms with Crippen molar-refractivity contribution >= 4 is 60.9 Å². The van der Waals surface area contributed by atoms with Crippen LogP contribution in [0.3, 0.4) is 0 Å². The molecule has 10 heteroatoms. The number of anilines is 2. The monoisotopic (exact) mass is 574 g/mol. The van der Waals surface area contributed by atoms with E-state index in [0.29, 0.717) is 18.3 Å². The molecule has 0 aromatic heterocycles. The Hall–Kier alpha value is -1.32. The summed E-state index contributed by atoms with van der Waals surface area (Å²) in [4.78, 5) is -2.60. The topological polar surface area (TPSA) is 29.3 Å². The van der Waals surface area contributed by atoms with E-state index in [4.69, 9.17) is 17.3 Å². The van der Waals surface area contributed by atoms with Crippen molar-refractivity contribution in [1.29, 1.82) is 0 Å². The molecule has 0 aliphatic heterocycles. The summed E-state index contributed by atoms with van der Waals surface area (Å²) >= 11 is 11.3. The zero-order chi connectivity index (χ0) is 23.1. The van der Waals surface area contributed by atoms with Crippen molar-refractivity contribution < 1.29 is 22.0 Å². The Morgan fingerprint density at radius 3 is 2.27 bits per heavy atom. The molecule has 0 saturated carbocycles. The fourth-order valence-electron chi connectivity index (χ4n) is 3.02. The third-order valence-electron chi connectivity index (χ3n) is 4.97. The number of nitrogens with zero attached hydrogens (tertiary/aromatic N) is 1. The summed E-state index contributed by atoms with van der Waals surface area (Å²) in [5, 5.41) is -0.122. The van der Waals surface area contributed by atoms with Crippen LogP contribution in [0.5, 0.6) is 0 Å². The van der Waals surface area contributed by atoms with Crippen LogP contribution in [0.15, 0.2) is 41.4 Å². The second-order valence-electron chi connectivity index (χ2n) is 6.88. The van der Waals surface area contributed by atoms with E-state index in [9.17, 15) is 22.0 Å². The van der Waals surface area contributed by atoms with E-state index < -0.39 is 22.0 Å². The van der Waals surface area contributed by atoms with E-state index in [1.165, 1.54) is 0 Å². The molecule has 1 unspecified atom stereocenters. The van der Waals surface area contributed by atoms with Gasteiger partial charge in [0, 0.05) is 29.3 Å². The number of nitrogen functional groups attached to an aromatic ring is 1. The van der Waals surface area contributed by atoms with Crippen molar-refractivity contribution in [3.63, 3.8) is 0 Å². The minimum atomic E-state index is -5.24. The number of rotatable bonds is 6. The maximum atomic E-state index is 14.0. The molecule has 0 bridgehead atoms. The van der Waals surface area contributed by atoms with Gasteiger partial charge in [0.15, 0.2) is 5.41 Å². The predicted molar refractivity (Wildman–Crippen MR) is 119 cm³/mol. The van der Waals surface area contributed by atoms with Crippen LogP contribution in [0.2, 0.25) is 5.02 Å². The molecule has 164 valence electrons. The molecule has 1 atom stereocenters. The molecule has 0 radical (unpaired) electrons. The summed E-state index contributed by atoms with van der Waals surface area (Å²) in [6, 6.07) is 7.21.